The molecule has 15 heteroatoms. The fourth-order valence-corrected chi connectivity index (χ4v) is 7.49. The molecule has 0 radical (unpaired) electrons. The standard InChI is InChI=1S/C37H43F4N7O4/c1-46-21-24-4-3-5-30(32(24)35(46)50)52-34-27(37(39,40)41)19-43-36(45-34)44-29-17-28(38)26(16-31(29)51-2)33(49)42-18-22-8-10-25(11-9-22)48-14-12-47(13-15-48)20-23-6-7-23/h3-5,16-17,19,22-23,25H,6-15,18,20-21H2,1-2H3,(H,42,49)(H,43,44,45). The summed E-state index contributed by atoms with van der Waals surface area (Å²) in [4.78, 5) is 40.2. The SMILES string of the molecule is COc1cc(C(=O)NCC2CCC(N3CCN(CC4CC4)CC3)CC2)c(F)cc1Nc1ncc(C(F)(F)F)c(Oc2cccc3c2C(=O)N(C)C3)n1. The Bertz CT molecular complexity index is 1810. The fraction of sp³-hybridized carbons (Fsp3) is 0.514. The van der Waals surface area contributed by atoms with Gasteiger partial charge in [-0.1, -0.05) is 12.1 Å². The van der Waals surface area contributed by atoms with Crippen molar-refractivity contribution in [2.24, 2.45) is 11.8 Å². The van der Waals surface area contributed by atoms with Crippen LogP contribution < -0.4 is 20.1 Å². The molecule has 278 valence electrons. The Hall–Kier alpha value is -4.50. The molecule has 3 heterocycles. The van der Waals surface area contributed by atoms with Crippen LogP contribution in [0.3, 0.4) is 0 Å². The van der Waals surface area contributed by atoms with Crippen molar-refractivity contribution in [3.8, 4) is 17.4 Å². The molecule has 52 heavy (non-hydrogen) atoms. The molecule has 7 rings (SSSR count). The quantitative estimate of drug-likeness (QED) is 0.227. The van der Waals surface area contributed by atoms with Crippen LogP contribution in [0.1, 0.15) is 70.4 Å². The summed E-state index contributed by atoms with van der Waals surface area (Å²) in [6.45, 7) is 6.46. The molecule has 1 aromatic heterocycles. The lowest BCUT2D eigenvalue weighted by atomic mass is 9.85. The first-order valence-electron chi connectivity index (χ1n) is 17.9. The minimum Gasteiger partial charge on any atom is -0.495 e. The number of carbonyl (C=O) groups is 2. The van der Waals surface area contributed by atoms with Gasteiger partial charge in [0.05, 0.1) is 23.9 Å². The van der Waals surface area contributed by atoms with Crippen LogP contribution in [0.4, 0.5) is 29.2 Å². The van der Waals surface area contributed by atoms with Crippen LogP contribution in [-0.2, 0) is 12.7 Å². The average molecular weight is 726 g/mol. The molecule has 3 aromatic rings. The third-order valence-electron chi connectivity index (χ3n) is 10.6. The number of benzene rings is 2. The Morgan fingerprint density at radius 2 is 1.73 bits per heavy atom. The van der Waals surface area contributed by atoms with E-state index in [2.05, 4.69) is 30.4 Å². The first-order chi connectivity index (χ1) is 25.0. The molecule has 2 saturated carbocycles. The number of aromatic nitrogens is 2. The van der Waals surface area contributed by atoms with Crippen LogP contribution >= 0.6 is 0 Å². The molecule has 0 spiro atoms. The van der Waals surface area contributed by atoms with E-state index in [4.69, 9.17) is 9.47 Å². The number of alkyl halides is 3. The van der Waals surface area contributed by atoms with Gasteiger partial charge in [0.1, 0.15) is 22.9 Å². The fourth-order valence-electron chi connectivity index (χ4n) is 7.49. The number of nitrogens with zero attached hydrogens (tertiary/aromatic N) is 5. The van der Waals surface area contributed by atoms with Gasteiger partial charge < -0.3 is 29.9 Å². The molecule has 0 bridgehead atoms. The normalized spacial score (nSPS) is 21.2. The highest BCUT2D eigenvalue weighted by atomic mass is 19.4. The van der Waals surface area contributed by atoms with Crippen LogP contribution in [0.5, 0.6) is 17.4 Å². The summed E-state index contributed by atoms with van der Waals surface area (Å²) in [6, 6.07) is 7.45. The van der Waals surface area contributed by atoms with Gasteiger partial charge in [0.15, 0.2) is 0 Å². The van der Waals surface area contributed by atoms with E-state index in [1.54, 1.807) is 19.2 Å². The number of methoxy groups -OCH3 is 1. The van der Waals surface area contributed by atoms with Crippen molar-refractivity contribution in [2.45, 2.75) is 57.3 Å². The first kappa shape index (κ1) is 35.9. The summed E-state index contributed by atoms with van der Waals surface area (Å²) in [5.41, 5.74) is -0.776. The number of halogens is 4. The van der Waals surface area contributed by atoms with Crippen LogP contribution in [0.2, 0.25) is 0 Å². The molecular formula is C37H43F4N7O4. The van der Waals surface area contributed by atoms with Gasteiger partial charge in [0, 0.05) is 71.2 Å². The Labute approximate surface area is 299 Å². The Kier molecular flexibility index (Phi) is 10.3. The zero-order valence-corrected chi connectivity index (χ0v) is 29.3. The molecule has 2 N–H and O–H groups in total. The molecular weight excluding hydrogens is 682 g/mol. The van der Waals surface area contributed by atoms with Crippen LogP contribution in [0, 0.1) is 17.7 Å². The topological polar surface area (TPSA) is 112 Å². The van der Waals surface area contributed by atoms with Crippen molar-refractivity contribution in [3.05, 3.63) is 64.6 Å². The summed E-state index contributed by atoms with van der Waals surface area (Å²) in [6.07, 6.45) is 2.54. The smallest absolute Gasteiger partial charge is 0.423 e. The molecule has 0 atom stereocenters. The summed E-state index contributed by atoms with van der Waals surface area (Å²) in [5.74, 6) is -1.89. The number of fused-ring (bicyclic) bond motifs is 1. The zero-order valence-electron chi connectivity index (χ0n) is 29.3. The average Bonchev–Trinajstić information content (AvgIpc) is 3.89. The maximum Gasteiger partial charge on any atom is 0.423 e. The van der Waals surface area contributed by atoms with Crippen LogP contribution in [-0.4, -0.2) is 95.9 Å². The van der Waals surface area contributed by atoms with Crippen molar-refractivity contribution in [1.82, 2.24) is 30.0 Å². The first-order valence-corrected chi connectivity index (χ1v) is 17.9. The number of nitrogens with one attached hydrogen (secondary N) is 2. The lowest BCUT2D eigenvalue weighted by Gasteiger charge is -2.42. The second-order valence-electron chi connectivity index (χ2n) is 14.3. The number of ether oxygens (including phenoxy) is 2. The van der Waals surface area contributed by atoms with Crippen molar-refractivity contribution in [1.29, 1.82) is 0 Å². The van der Waals surface area contributed by atoms with Gasteiger partial charge in [-0.3, -0.25) is 14.5 Å². The van der Waals surface area contributed by atoms with E-state index >= 15 is 4.39 Å². The maximum atomic E-state index is 15.4. The minimum absolute atomic E-state index is 0.0219. The number of rotatable bonds is 11. The lowest BCUT2D eigenvalue weighted by Crippen LogP contribution is -2.51. The van der Waals surface area contributed by atoms with Crippen molar-refractivity contribution in [3.63, 3.8) is 0 Å². The second-order valence-corrected chi connectivity index (χ2v) is 14.3. The number of hydrogen-bond donors (Lipinski definition) is 2. The van der Waals surface area contributed by atoms with Crippen molar-refractivity contribution >= 4 is 23.5 Å². The number of anilines is 2. The maximum absolute atomic E-state index is 15.4. The van der Waals surface area contributed by atoms with E-state index in [1.807, 2.05) is 0 Å². The van der Waals surface area contributed by atoms with E-state index in [0.29, 0.717) is 30.3 Å². The summed E-state index contributed by atoms with van der Waals surface area (Å²) in [5, 5.41) is 5.56. The Balaban J connectivity index is 0.982. The molecule has 0 unspecified atom stereocenters. The predicted molar refractivity (Wildman–Crippen MR) is 184 cm³/mol. The third kappa shape index (κ3) is 7.94. The van der Waals surface area contributed by atoms with Crippen molar-refractivity contribution < 1.29 is 36.6 Å². The van der Waals surface area contributed by atoms with Gasteiger partial charge in [-0.2, -0.15) is 18.2 Å². The number of hydrogen-bond acceptors (Lipinski definition) is 9. The molecule has 2 amide bonds. The van der Waals surface area contributed by atoms with Gasteiger partial charge in [-0.05, 0) is 68.1 Å². The van der Waals surface area contributed by atoms with E-state index in [-0.39, 0.29) is 40.8 Å². The third-order valence-corrected chi connectivity index (χ3v) is 10.6. The molecule has 2 aliphatic heterocycles. The minimum atomic E-state index is -4.88. The summed E-state index contributed by atoms with van der Waals surface area (Å²) >= 11 is 0. The van der Waals surface area contributed by atoms with E-state index < -0.39 is 35.3 Å². The van der Waals surface area contributed by atoms with Gasteiger partial charge in [0.2, 0.25) is 11.8 Å². The molecule has 11 nitrogen and oxygen atoms in total. The van der Waals surface area contributed by atoms with Crippen LogP contribution in [0.25, 0.3) is 0 Å². The molecule has 4 aliphatic rings. The van der Waals surface area contributed by atoms with Gasteiger partial charge in [0.25, 0.3) is 11.8 Å². The molecule has 3 fully saturated rings. The summed E-state index contributed by atoms with van der Waals surface area (Å²) in [7, 11) is 2.89. The highest BCUT2D eigenvalue weighted by molar-refractivity contribution is 6.01. The second kappa shape index (κ2) is 14.9. The van der Waals surface area contributed by atoms with Crippen molar-refractivity contribution in [2.75, 3.05) is 58.7 Å². The monoisotopic (exact) mass is 725 g/mol. The van der Waals surface area contributed by atoms with E-state index in [0.717, 1.165) is 63.8 Å². The molecule has 2 aromatic carbocycles. The van der Waals surface area contributed by atoms with E-state index in [1.165, 1.54) is 43.5 Å². The van der Waals surface area contributed by atoms with Gasteiger partial charge >= 0.3 is 6.18 Å². The van der Waals surface area contributed by atoms with Gasteiger partial charge in [-0.15, -0.1) is 0 Å². The van der Waals surface area contributed by atoms with Crippen LogP contribution in [0.15, 0.2) is 36.5 Å². The number of piperazine rings is 1. The highest BCUT2D eigenvalue weighted by Gasteiger charge is 2.38. The lowest BCUT2D eigenvalue weighted by molar-refractivity contribution is -0.139. The largest absolute Gasteiger partial charge is 0.495 e. The Morgan fingerprint density at radius 1 is 1.00 bits per heavy atom. The number of carbonyl (C=O) groups excluding carboxylic acids is 2. The highest BCUT2D eigenvalue weighted by Crippen LogP contribution is 2.40. The molecule has 2 aliphatic carbocycles. The number of amides is 2. The Morgan fingerprint density at radius 3 is 2.42 bits per heavy atom. The predicted octanol–water partition coefficient (Wildman–Crippen LogP) is 6.08. The zero-order chi connectivity index (χ0) is 36.6. The van der Waals surface area contributed by atoms with E-state index in [9.17, 15) is 22.8 Å². The molecule has 1 saturated heterocycles. The summed E-state index contributed by atoms with van der Waals surface area (Å²) < 4.78 is 68.3. The van der Waals surface area contributed by atoms with Gasteiger partial charge in [-0.25, -0.2) is 9.37 Å².